The van der Waals surface area contributed by atoms with Crippen molar-refractivity contribution in [2.45, 2.75) is 24.7 Å². The molecular weight excluding hydrogens is 419 g/mol. The number of carbonyl (C=O) groups is 1. The van der Waals surface area contributed by atoms with E-state index in [2.05, 4.69) is 6.58 Å². The van der Waals surface area contributed by atoms with Crippen LogP contribution in [0, 0.1) is 11.7 Å². The summed E-state index contributed by atoms with van der Waals surface area (Å²) in [4.78, 5) is 13.6. The van der Waals surface area contributed by atoms with Gasteiger partial charge in [-0.25, -0.2) is 17.8 Å². The molecule has 8 heteroatoms. The second kappa shape index (κ2) is 9.13. The number of hydrogen-bond acceptors (Lipinski definition) is 5. The largest absolute Gasteiger partial charge is 0.294 e. The molecule has 6 nitrogen and oxygen atoms in total. The highest BCUT2D eigenvalue weighted by Crippen LogP contribution is 2.34. The number of halogens is 1. The van der Waals surface area contributed by atoms with Crippen molar-refractivity contribution in [3.05, 3.63) is 78.1 Å². The molecule has 164 valence electrons. The van der Waals surface area contributed by atoms with Gasteiger partial charge in [0.05, 0.1) is 17.1 Å². The first kappa shape index (κ1) is 22.9. The molecular formula is C23H25FN2O4S. The average molecular weight is 445 g/mol. The monoisotopic (exact) mass is 444 g/mol. The molecule has 1 aliphatic rings. The summed E-state index contributed by atoms with van der Waals surface area (Å²) in [6.45, 7) is 5.76. The Hall–Kier alpha value is -2.81. The molecule has 2 aromatic rings. The maximum Gasteiger partial charge on any atom is 0.270 e. The predicted octanol–water partition coefficient (Wildman–Crippen LogP) is 4.24. The fraction of sp³-hybridized carbons (Fsp3) is 0.261. The summed E-state index contributed by atoms with van der Waals surface area (Å²) in [5.41, 5.74) is 2.12. The van der Waals surface area contributed by atoms with E-state index < -0.39 is 21.6 Å². The predicted molar refractivity (Wildman–Crippen MR) is 117 cm³/mol. The minimum atomic E-state index is -3.35. The van der Waals surface area contributed by atoms with Gasteiger partial charge in [-0.1, -0.05) is 30.3 Å². The summed E-state index contributed by atoms with van der Waals surface area (Å²) < 4.78 is 36.9. The number of carbonyl (C=O) groups excluding carboxylic acids is 1. The lowest BCUT2D eigenvalue weighted by Crippen LogP contribution is -2.50. The number of anilines is 1. The molecule has 3 rings (SSSR count). The number of sulfone groups is 1. The van der Waals surface area contributed by atoms with E-state index in [0.29, 0.717) is 35.2 Å². The minimum absolute atomic E-state index is 0.0114. The van der Waals surface area contributed by atoms with Crippen LogP contribution in [0.15, 0.2) is 71.7 Å². The summed E-state index contributed by atoms with van der Waals surface area (Å²) in [6.07, 6.45) is 4.06. The van der Waals surface area contributed by atoms with Gasteiger partial charge in [0.1, 0.15) is 5.82 Å². The Balaban J connectivity index is 2.07. The summed E-state index contributed by atoms with van der Waals surface area (Å²) >= 11 is 0. The number of nitrogens with zero attached hydrogens (tertiary/aromatic N) is 2. The van der Waals surface area contributed by atoms with Gasteiger partial charge in [0.2, 0.25) is 0 Å². The third-order valence-electron chi connectivity index (χ3n) is 5.17. The van der Waals surface area contributed by atoms with Crippen LogP contribution in [0.4, 0.5) is 10.1 Å². The van der Waals surface area contributed by atoms with Crippen LogP contribution in [-0.2, 0) is 14.6 Å². The Morgan fingerprint density at radius 1 is 1.16 bits per heavy atom. The second-order valence-electron chi connectivity index (χ2n) is 7.71. The Bertz CT molecular complexity index is 1110. The Kier molecular flexibility index (Phi) is 6.74. The lowest BCUT2D eigenvalue weighted by atomic mass is 9.89. The van der Waals surface area contributed by atoms with Crippen molar-refractivity contribution in [1.29, 1.82) is 0 Å². The summed E-state index contributed by atoms with van der Waals surface area (Å²) in [5, 5.41) is 12.5. The fourth-order valence-electron chi connectivity index (χ4n) is 3.60. The van der Waals surface area contributed by atoms with Crippen LogP contribution in [-0.4, -0.2) is 37.5 Å². The van der Waals surface area contributed by atoms with Gasteiger partial charge in [-0.15, -0.1) is 6.58 Å². The zero-order valence-electron chi connectivity index (χ0n) is 17.5. The second-order valence-corrected chi connectivity index (χ2v) is 9.73. The molecule has 1 aliphatic heterocycles. The van der Waals surface area contributed by atoms with Crippen LogP contribution in [0.5, 0.6) is 0 Å². The van der Waals surface area contributed by atoms with E-state index >= 15 is 0 Å². The molecule has 0 spiro atoms. The number of hydrogen-bond donors (Lipinski definition) is 1. The maximum absolute atomic E-state index is 13.4. The van der Waals surface area contributed by atoms with Gasteiger partial charge in [-0.3, -0.25) is 10.0 Å². The molecule has 0 aromatic heterocycles. The number of hydrazine groups is 1. The van der Waals surface area contributed by atoms with E-state index in [-0.39, 0.29) is 17.4 Å². The molecule has 2 aromatic carbocycles. The maximum atomic E-state index is 13.4. The molecule has 1 unspecified atom stereocenters. The van der Waals surface area contributed by atoms with E-state index in [1.165, 1.54) is 36.4 Å². The standard InChI is InChI=1S/C23H25FN2O4S/c1-4-5-16(2)14-21-22(17-6-12-20(13-7-17)31(3,29)30)15-25(28)26(23(21)27)19-10-8-18(24)9-11-19/h4,6-13,16,28H,1,5,14-15H2,2-3H3. The smallest absolute Gasteiger partial charge is 0.270 e. The van der Waals surface area contributed by atoms with Crippen LogP contribution < -0.4 is 5.01 Å². The Morgan fingerprint density at radius 3 is 2.32 bits per heavy atom. The number of benzene rings is 2. The van der Waals surface area contributed by atoms with Crippen LogP contribution in [0.2, 0.25) is 0 Å². The normalized spacial score (nSPS) is 16.5. The lowest BCUT2D eigenvalue weighted by molar-refractivity contribution is -0.137. The topological polar surface area (TPSA) is 77.9 Å². The lowest BCUT2D eigenvalue weighted by Gasteiger charge is -2.37. The van der Waals surface area contributed by atoms with Gasteiger partial charge in [0, 0.05) is 11.8 Å². The van der Waals surface area contributed by atoms with E-state index in [1.54, 1.807) is 18.2 Å². The first-order valence-electron chi connectivity index (χ1n) is 9.81. The average Bonchev–Trinajstić information content (AvgIpc) is 2.71. The van der Waals surface area contributed by atoms with Gasteiger partial charge in [-0.2, -0.15) is 0 Å². The highest BCUT2D eigenvalue weighted by Gasteiger charge is 2.34. The van der Waals surface area contributed by atoms with Crippen molar-refractivity contribution in [3.63, 3.8) is 0 Å². The van der Waals surface area contributed by atoms with E-state index in [4.69, 9.17) is 0 Å². The van der Waals surface area contributed by atoms with Gasteiger partial charge >= 0.3 is 0 Å². The number of rotatable bonds is 7. The number of hydroxylamine groups is 1. The third-order valence-corrected chi connectivity index (χ3v) is 6.30. The molecule has 1 atom stereocenters. The summed E-state index contributed by atoms with van der Waals surface area (Å²) in [5.74, 6) is -0.736. The van der Waals surface area contributed by atoms with E-state index in [1.807, 2.05) is 6.92 Å². The molecule has 0 saturated heterocycles. The SMILES string of the molecule is C=CCC(C)CC1=C(c2ccc(S(C)(=O)=O)cc2)CN(O)N(c2ccc(F)cc2)C1=O. The molecule has 0 bridgehead atoms. The van der Waals surface area contributed by atoms with Gasteiger partial charge < -0.3 is 0 Å². The molecule has 0 radical (unpaired) electrons. The summed E-state index contributed by atoms with van der Waals surface area (Å²) in [6, 6.07) is 11.5. The number of allylic oxidation sites excluding steroid dienone is 1. The molecule has 0 saturated carbocycles. The molecule has 1 heterocycles. The van der Waals surface area contributed by atoms with Crippen molar-refractivity contribution in [2.75, 3.05) is 17.8 Å². The molecule has 31 heavy (non-hydrogen) atoms. The fourth-order valence-corrected chi connectivity index (χ4v) is 4.23. The van der Waals surface area contributed by atoms with E-state index in [0.717, 1.165) is 16.4 Å². The summed E-state index contributed by atoms with van der Waals surface area (Å²) in [7, 11) is -3.35. The van der Waals surface area contributed by atoms with Crippen molar-refractivity contribution in [2.24, 2.45) is 5.92 Å². The molecule has 0 fully saturated rings. The van der Waals surface area contributed by atoms with Crippen molar-refractivity contribution in [1.82, 2.24) is 5.17 Å². The van der Waals surface area contributed by atoms with Gasteiger partial charge in [0.25, 0.3) is 5.91 Å². The zero-order chi connectivity index (χ0) is 22.8. The molecule has 1 amide bonds. The van der Waals surface area contributed by atoms with E-state index in [9.17, 15) is 22.8 Å². The highest BCUT2D eigenvalue weighted by molar-refractivity contribution is 7.90. The van der Waals surface area contributed by atoms with Crippen LogP contribution in [0.3, 0.4) is 0 Å². The zero-order valence-corrected chi connectivity index (χ0v) is 18.3. The first-order valence-corrected chi connectivity index (χ1v) is 11.7. The molecule has 1 N–H and O–H groups in total. The Labute approximate surface area is 181 Å². The van der Waals surface area contributed by atoms with Crippen molar-refractivity contribution in [3.8, 4) is 0 Å². The minimum Gasteiger partial charge on any atom is -0.294 e. The Morgan fingerprint density at radius 2 is 1.77 bits per heavy atom. The number of amides is 1. The van der Waals surface area contributed by atoms with Crippen molar-refractivity contribution < 1.29 is 22.8 Å². The highest BCUT2D eigenvalue weighted by atomic mass is 32.2. The first-order chi connectivity index (χ1) is 14.6. The van der Waals surface area contributed by atoms with Crippen LogP contribution >= 0.6 is 0 Å². The molecule has 0 aliphatic carbocycles. The van der Waals surface area contributed by atoms with Crippen molar-refractivity contribution >= 4 is 27.0 Å². The van der Waals surface area contributed by atoms with Crippen LogP contribution in [0.1, 0.15) is 25.3 Å². The van der Waals surface area contributed by atoms with Gasteiger partial charge in [-0.05, 0) is 66.3 Å². The van der Waals surface area contributed by atoms with Crippen LogP contribution in [0.25, 0.3) is 5.57 Å². The third kappa shape index (κ3) is 5.10. The quantitative estimate of drug-likeness (QED) is 0.647. The van der Waals surface area contributed by atoms with Gasteiger partial charge in [0.15, 0.2) is 9.84 Å².